The van der Waals surface area contributed by atoms with Gasteiger partial charge in [0, 0.05) is 11.1 Å². The SMILES string of the molecule is C=C(C)C(N)=O.C=C1CC(=O)OC1=O. The largest absolute Gasteiger partial charge is 0.389 e. The first-order chi connectivity index (χ1) is 6.34. The summed E-state index contributed by atoms with van der Waals surface area (Å²) in [7, 11) is 0. The Labute approximate surface area is 81.2 Å². The van der Waals surface area contributed by atoms with Gasteiger partial charge in [-0.2, -0.15) is 0 Å². The van der Waals surface area contributed by atoms with E-state index in [1.165, 1.54) is 0 Å². The molecule has 14 heavy (non-hydrogen) atoms. The Hall–Kier alpha value is -1.91. The summed E-state index contributed by atoms with van der Waals surface area (Å²) in [6.07, 6.45) is 0.0544. The van der Waals surface area contributed by atoms with Crippen molar-refractivity contribution >= 4 is 17.8 Å². The first kappa shape index (κ1) is 12.1. The van der Waals surface area contributed by atoms with Gasteiger partial charge in [0.1, 0.15) is 0 Å². The summed E-state index contributed by atoms with van der Waals surface area (Å²) in [6, 6.07) is 0. The van der Waals surface area contributed by atoms with Crippen molar-refractivity contribution < 1.29 is 19.1 Å². The van der Waals surface area contributed by atoms with Crippen LogP contribution in [0.2, 0.25) is 0 Å². The molecule has 0 aliphatic carbocycles. The van der Waals surface area contributed by atoms with Crippen LogP contribution in [0.3, 0.4) is 0 Å². The highest BCUT2D eigenvalue weighted by Crippen LogP contribution is 2.10. The molecule has 1 amide bonds. The number of cyclic esters (lactones) is 2. The number of ether oxygens (including phenoxy) is 1. The van der Waals surface area contributed by atoms with Crippen LogP contribution in [0, 0.1) is 0 Å². The van der Waals surface area contributed by atoms with Gasteiger partial charge in [-0.3, -0.25) is 9.59 Å². The van der Waals surface area contributed by atoms with Crippen LogP contribution in [0.4, 0.5) is 0 Å². The first-order valence-electron chi connectivity index (χ1n) is 3.72. The Morgan fingerprint density at radius 1 is 1.50 bits per heavy atom. The van der Waals surface area contributed by atoms with Crippen molar-refractivity contribution in [3.8, 4) is 0 Å². The first-order valence-corrected chi connectivity index (χ1v) is 3.72. The van der Waals surface area contributed by atoms with Crippen LogP contribution in [0.25, 0.3) is 0 Å². The zero-order valence-corrected chi connectivity index (χ0v) is 7.83. The second kappa shape index (κ2) is 4.96. The smallest absolute Gasteiger partial charge is 0.341 e. The molecule has 1 aliphatic heterocycles. The molecule has 0 saturated carbocycles. The van der Waals surface area contributed by atoms with Crippen LogP contribution < -0.4 is 5.73 Å². The maximum atomic E-state index is 10.2. The molecule has 5 nitrogen and oxygen atoms in total. The Morgan fingerprint density at radius 3 is 2.00 bits per heavy atom. The molecule has 0 aromatic rings. The van der Waals surface area contributed by atoms with Crippen LogP contribution >= 0.6 is 0 Å². The number of hydrogen-bond donors (Lipinski definition) is 1. The van der Waals surface area contributed by atoms with Crippen LogP contribution in [-0.4, -0.2) is 17.8 Å². The van der Waals surface area contributed by atoms with E-state index in [4.69, 9.17) is 5.73 Å². The average Bonchev–Trinajstić information content (AvgIpc) is 2.30. The van der Waals surface area contributed by atoms with Gasteiger partial charge in [-0.25, -0.2) is 4.79 Å². The highest BCUT2D eigenvalue weighted by molar-refractivity contribution is 6.05. The van der Waals surface area contributed by atoms with Gasteiger partial charge in [-0.15, -0.1) is 0 Å². The number of carbonyl (C=O) groups is 3. The van der Waals surface area contributed by atoms with E-state index in [2.05, 4.69) is 17.9 Å². The summed E-state index contributed by atoms with van der Waals surface area (Å²) in [4.78, 5) is 30.2. The molecule has 0 unspecified atom stereocenters. The van der Waals surface area contributed by atoms with E-state index < -0.39 is 17.8 Å². The monoisotopic (exact) mass is 197 g/mol. The highest BCUT2D eigenvalue weighted by Gasteiger charge is 2.24. The molecule has 0 aromatic carbocycles. The van der Waals surface area contributed by atoms with Crippen molar-refractivity contribution in [1.82, 2.24) is 0 Å². The van der Waals surface area contributed by atoms with Gasteiger partial charge in [-0.05, 0) is 6.92 Å². The van der Waals surface area contributed by atoms with E-state index in [0.29, 0.717) is 5.57 Å². The number of rotatable bonds is 1. The lowest BCUT2D eigenvalue weighted by atomic mass is 10.3. The van der Waals surface area contributed by atoms with Gasteiger partial charge in [-0.1, -0.05) is 13.2 Å². The Bertz CT molecular complexity index is 287. The summed E-state index contributed by atoms with van der Waals surface area (Å²) in [5.74, 6) is -1.52. The zero-order valence-electron chi connectivity index (χ0n) is 7.83. The fourth-order valence-corrected chi connectivity index (χ4v) is 0.458. The molecule has 0 spiro atoms. The number of hydrogen-bond acceptors (Lipinski definition) is 4. The maximum Gasteiger partial charge on any atom is 0.341 e. The third-order valence-electron chi connectivity index (χ3n) is 1.27. The summed E-state index contributed by atoms with van der Waals surface area (Å²) < 4.78 is 4.10. The van der Waals surface area contributed by atoms with Crippen LogP contribution in [0.15, 0.2) is 24.3 Å². The molecule has 1 rings (SSSR count). The Morgan fingerprint density at radius 2 is 1.93 bits per heavy atom. The van der Waals surface area contributed by atoms with Gasteiger partial charge in [0.2, 0.25) is 5.91 Å². The lowest BCUT2D eigenvalue weighted by Gasteiger charge is -1.81. The van der Waals surface area contributed by atoms with E-state index in [9.17, 15) is 14.4 Å². The van der Waals surface area contributed by atoms with Gasteiger partial charge >= 0.3 is 11.9 Å². The minimum atomic E-state index is -0.588. The fraction of sp³-hybridized carbons (Fsp3) is 0.222. The molecule has 1 fully saturated rings. The minimum absolute atomic E-state index is 0.0544. The average molecular weight is 197 g/mol. The molecular formula is C9H11NO4. The highest BCUT2D eigenvalue weighted by atomic mass is 16.6. The van der Waals surface area contributed by atoms with Crippen LogP contribution in [0.1, 0.15) is 13.3 Å². The van der Waals surface area contributed by atoms with Crippen molar-refractivity contribution in [2.45, 2.75) is 13.3 Å². The number of esters is 2. The quantitative estimate of drug-likeness (QED) is 0.366. The maximum absolute atomic E-state index is 10.2. The molecular weight excluding hydrogens is 186 g/mol. The second-order valence-electron chi connectivity index (χ2n) is 2.69. The predicted molar refractivity (Wildman–Crippen MR) is 48.9 cm³/mol. The minimum Gasteiger partial charge on any atom is -0.389 e. The molecule has 1 aliphatic rings. The summed E-state index contributed by atoms with van der Waals surface area (Å²) in [5, 5.41) is 0. The Kier molecular flexibility index (Phi) is 4.28. The van der Waals surface area contributed by atoms with E-state index in [-0.39, 0.29) is 12.0 Å². The molecule has 5 heteroatoms. The molecule has 0 radical (unpaired) electrons. The number of primary amides is 1. The zero-order chi connectivity index (χ0) is 11.3. The molecule has 0 atom stereocenters. The second-order valence-corrected chi connectivity index (χ2v) is 2.69. The summed E-state index contributed by atoms with van der Waals surface area (Å²) in [6.45, 7) is 8.14. The molecule has 0 aromatic heterocycles. The third kappa shape index (κ3) is 4.20. The van der Waals surface area contributed by atoms with E-state index in [1.54, 1.807) is 6.92 Å². The molecule has 1 saturated heterocycles. The van der Waals surface area contributed by atoms with Gasteiger partial charge in [0.25, 0.3) is 0 Å². The molecule has 1 heterocycles. The molecule has 0 bridgehead atoms. The summed E-state index contributed by atoms with van der Waals surface area (Å²) >= 11 is 0. The van der Waals surface area contributed by atoms with Crippen molar-refractivity contribution in [2.75, 3.05) is 0 Å². The lowest BCUT2D eigenvalue weighted by Crippen LogP contribution is -2.10. The van der Waals surface area contributed by atoms with Crippen molar-refractivity contribution in [3.63, 3.8) is 0 Å². The van der Waals surface area contributed by atoms with E-state index in [1.807, 2.05) is 0 Å². The predicted octanol–water partition coefficient (Wildman–Crippen LogP) is 0.0639. The van der Waals surface area contributed by atoms with Gasteiger partial charge < -0.3 is 10.5 Å². The standard InChI is InChI=1S/C5H4O3.C4H7NO/c1-3-2-4(6)8-5(3)7;1-3(2)4(5)6/h1-2H2;1H2,2H3,(H2,5,6). The van der Waals surface area contributed by atoms with Gasteiger partial charge in [0.15, 0.2) is 0 Å². The number of amides is 1. The van der Waals surface area contributed by atoms with Crippen molar-refractivity contribution in [1.29, 1.82) is 0 Å². The van der Waals surface area contributed by atoms with Gasteiger partial charge in [0.05, 0.1) is 6.42 Å². The van der Waals surface area contributed by atoms with Crippen LogP contribution in [-0.2, 0) is 19.1 Å². The number of carbonyl (C=O) groups excluding carboxylic acids is 3. The van der Waals surface area contributed by atoms with Crippen LogP contribution in [0.5, 0.6) is 0 Å². The summed E-state index contributed by atoms with van der Waals surface area (Å²) in [5.41, 5.74) is 5.34. The number of nitrogens with two attached hydrogens (primary N) is 1. The molecule has 2 N–H and O–H groups in total. The lowest BCUT2D eigenvalue weighted by molar-refractivity contribution is -0.151. The third-order valence-corrected chi connectivity index (χ3v) is 1.27. The topological polar surface area (TPSA) is 86.5 Å². The van der Waals surface area contributed by atoms with E-state index in [0.717, 1.165) is 0 Å². The van der Waals surface area contributed by atoms with Crippen molar-refractivity contribution in [3.05, 3.63) is 24.3 Å². The normalized spacial score (nSPS) is 14.2. The fourth-order valence-electron chi connectivity index (χ4n) is 0.458. The van der Waals surface area contributed by atoms with Crippen molar-refractivity contribution in [2.24, 2.45) is 5.73 Å². The molecule has 76 valence electrons. The van der Waals surface area contributed by atoms with E-state index >= 15 is 0 Å². The Balaban J connectivity index is 0.000000255.